The summed E-state index contributed by atoms with van der Waals surface area (Å²) in [4.78, 5) is 0. The minimum Gasteiger partial charge on any atom is -0.508 e. The van der Waals surface area contributed by atoms with Crippen LogP contribution in [0.5, 0.6) is 17.2 Å². The predicted octanol–water partition coefficient (Wildman–Crippen LogP) is 12.9. The van der Waals surface area contributed by atoms with Crippen molar-refractivity contribution < 1.29 is 18.7 Å². The summed E-state index contributed by atoms with van der Waals surface area (Å²) >= 11 is 0. The molecule has 5 heteroatoms. The third-order valence-corrected chi connectivity index (χ3v) is 11.1. The zero-order valence-corrected chi connectivity index (χ0v) is 33.4. The van der Waals surface area contributed by atoms with Crippen LogP contribution in [0.3, 0.4) is 0 Å². The molecule has 5 rings (SSSR count). The lowest BCUT2D eigenvalue weighted by Gasteiger charge is -2.33. The fourth-order valence-electron chi connectivity index (χ4n) is 6.10. The summed E-state index contributed by atoms with van der Waals surface area (Å²) < 4.78 is 30.1. The van der Waals surface area contributed by atoms with Gasteiger partial charge >= 0.3 is 7.60 Å². The van der Waals surface area contributed by atoms with E-state index < -0.39 is 7.60 Å². The van der Waals surface area contributed by atoms with Crippen LogP contribution in [0.1, 0.15) is 105 Å². The van der Waals surface area contributed by atoms with Crippen LogP contribution >= 0.6 is 7.60 Å². The fraction of sp³-hybridized carbons (Fsp3) is 0.348. The van der Waals surface area contributed by atoms with Crippen molar-refractivity contribution in [1.82, 2.24) is 0 Å². The van der Waals surface area contributed by atoms with Gasteiger partial charge in [0.05, 0.1) is 5.30 Å². The van der Waals surface area contributed by atoms with Crippen molar-refractivity contribution >= 4 is 12.9 Å². The van der Waals surface area contributed by atoms with Crippen LogP contribution < -0.4 is 14.4 Å². The van der Waals surface area contributed by atoms with Gasteiger partial charge in [0, 0.05) is 22.3 Å². The first-order valence-corrected chi connectivity index (χ1v) is 19.4. The van der Waals surface area contributed by atoms with Gasteiger partial charge in [-0.05, 0) is 80.3 Å². The second kappa shape index (κ2) is 13.7. The molecular weight excluding hydrogens is 647 g/mol. The lowest BCUT2D eigenvalue weighted by atomic mass is 9.78. The largest absolute Gasteiger partial charge is 0.508 e. The highest BCUT2D eigenvalue weighted by molar-refractivity contribution is 7.63. The van der Waals surface area contributed by atoms with Crippen molar-refractivity contribution in [2.24, 2.45) is 0 Å². The molecule has 0 unspecified atom stereocenters. The predicted molar refractivity (Wildman–Crippen MR) is 215 cm³/mol. The lowest BCUT2D eigenvalue weighted by molar-refractivity contribution is 0.388. The van der Waals surface area contributed by atoms with Gasteiger partial charge in [0.25, 0.3) is 0 Å². The Balaban J connectivity index is 1.87. The molecule has 0 aliphatic rings. The Labute approximate surface area is 306 Å². The van der Waals surface area contributed by atoms with E-state index in [2.05, 4.69) is 132 Å². The molecule has 0 aromatic heterocycles. The summed E-state index contributed by atoms with van der Waals surface area (Å²) in [5, 5.41) is 10.7. The van der Waals surface area contributed by atoms with Gasteiger partial charge in [-0.1, -0.05) is 156 Å². The molecule has 1 N–H and O–H groups in total. The maximum Gasteiger partial charge on any atom is 0.462 e. The molecule has 51 heavy (non-hydrogen) atoms. The molecule has 0 aliphatic heterocycles. The second-order valence-electron chi connectivity index (χ2n) is 17.7. The lowest BCUT2D eigenvalue weighted by Crippen LogP contribution is -2.22. The molecule has 268 valence electrons. The minimum atomic E-state index is -4.25. The smallest absolute Gasteiger partial charge is 0.462 e. The number of hydrogen-bond acceptors (Lipinski definition) is 4. The van der Waals surface area contributed by atoms with Crippen LogP contribution in [-0.2, 0) is 26.2 Å². The monoisotopic (exact) mass is 702 g/mol. The topological polar surface area (TPSA) is 55.8 Å². The summed E-state index contributed by atoms with van der Waals surface area (Å²) in [5.74, 6) is 1.10. The maximum atomic E-state index is 16.0. The molecule has 5 aromatic carbocycles. The fourth-order valence-corrected chi connectivity index (χ4v) is 7.73. The summed E-state index contributed by atoms with van der Waals surface area (Å²) in [7, 11) is -4.25. The molecule has 0 saturated heterocycles. The molecular formula is C46H55O4P. The molecule has 0 bridgehead atoms. The summed E-state index contributed by atoms with van der Waals surface area (Å²) in [6.07, 6.45) is 0. The zero-order chi connectivity index (χ0) is 37.6. The van der Waals surface area contributed by atoms with E-state index in [0.29, 0.717) is 16.8 Å². The Morgan fingerprint density at radius 1 is 0.471 bits per heavy atom. The van der Waals surface area contributed by atoms with E-state index >= 15 is 4.57 Å². The highest BCUT2D eigenvalue weighted by atomic mass is 31.2. The third-order valence-electron chi connectivity index (χ3n) is 9.28. The Kier molecular flexibility index (Phi) is 10.2. The van der Waals surface area contributed by atoms with Crippen LogP contribution in [0.4, 0.5) is 0 Å². The molecule has 0 saturated carbocycles. The van der Waals surface area contributed by atoms with Gasteiger partial charge in [-0.15, -0.1) is 0 Å². The molecule has 0 spiro atoms. The normalized spacial score (nSPS) is 12.9. The van der Waals surface area contributed by atoms with Crippen molar-refractivity contribution in [3.8, 4) is 39.5 Å². The maximum absolute atomic E-state index is 16.0. The first-order chi connectivity index (χ1) is 23.6. The van der Waals surface area contributed by atoms with Crippen LogP contribution in [0.2, 0.25) is 0 Å². The molecule has 0 aliphatic carbocycles. The van der Waals surface area contributed by atoms with E-state index in [1.165, 1.54) is 12.1 Å². The van der Waals surface area contributed by atoms with Gasteiger partial charge < -0.3 is 14.2 Å². The van der Waals surface area contributed by atoms with E-state index in [9.17, 15) is 5.11 Å². The summed E-state index contributed by atoms with van der Waals surface area (Å²) in [6, 6.07) is 35.3. The van der Waals surface area contributed by atoms with Gasteiger partial charge in [-0.25, -0.2) is 4.57 Å². The first-order valence-electron chi connectivity index (χ1n) is 17.9. The number of aromatic hydroxyl groups is 1. The molecule has 0 amide bonds. The molecule has 5 aromatic rings. The Bertz CT molecular complexity index is 1910. The van der Waals surface area contributed by atoms with E-state index in [1.54, 1.807) is 12.1 Å². The quantitative estimate of drug-likeness (QED) is 0.172. The highest BCUT2D eigenvalue weighted by Gasteiger charge is 2.39. The molecule has 0 fully saturated rings. The number of phenolic OH excluding ortho intramolecular Hbond substituents is 1. The molecule has 4 nitrogen and oxygen atoms in total. The molecule has 0 atom stereocenters. The Hall–Kier alpha value is -4.27. The van der Waals surface area contributed by atoms with Crippen molar-refractivity contribution in [1.29, 1.82) is 0 Å². The van der Waals surface area contributed by atoms with Crippen LogP contribution in [0.15, 0.2) is 109 Å². The van der Waals surface area contributed by atoms with Crippen LogP contribution in [0, 0.1) is 0 Å². The van der Waals surface area contributed by atoms with E-state index in [0.717, 1.165) is 44.5 Å². The third kappa shape index (κ3) is 8.45. The van der Waals surface area contributed by atoms with Crippen molar-refractivity contribution in [2.75, 3.05) is 0 Å². The van der Waals surface area contributed by atoms with Gasteiger partial charge in [-0.2, -0.15) is 0 Å². The van der Waals surface area contributed by atoms with Crippen LogP contribution in [-0.4, -0.2) is 5.11 Å². The molecule has 0 heterocycles. The minimum absolute atomic E-state index is 0.0649. The Morgan fingerprint density at radius 3 is 1.14 bits per heavy atom. The number of hydrogen-bond donors (Lipinski definition) is 1. The molecule has 0 radical (unpaired) electrons. The first kappa shape index (κ1) is 38.0. The van der Waals surface area contributed by atoms with Gasteiger partial charge in [0.1, 0.15) is 17.2 Å². The number of benzene rings is 5. The highest BCUT2D eigenvalue weighted by Crippen LogP contribution is 2.56. The van der Waals surface area contributed by atoms with E-state index in [4.69, 9.17) is 9.05 Å². The summed E-state index contributed by atoms with van der Waals surface area (Å²) in [5.41, 5.74) is 6.71. The van der Waals surface area contributed by atoms with E-state index in [-0.39, 0.29) is 27.4 Å². The van der Waals surface area contributed by atoms with Gasteiger partial charge in [0.2, 0.25) is 0 Å². The second-order valence-corrected chi connectivity index (χ2v) is 19.6. The van der Waals surface area contributed by atoms with Gasteiger partial charge in [-0.3, -0.25) is 0 Å². The van der Waals surface area contributed by atoms with Crippen molar-refractivity contribution in [3.05, 3.63) is 131 Å². The SMILES string of the molecule is CC(C)(C)c1cc(-c2ccccc2)c(OP(=O)(Oc2c(-c3ccccc3)cc(C(C)(C)C)cc2C(C)(C)C)c2ccc(O)cc2)c(C(C)(C)C)c1. The Morgan fingerprint density at radius 2 is 0.824 bits per heavy atom. The summed E-state index contributed by atoms with van der Waals surface area (Å²) in [6.45, 7) is 26.1. The standard InChI is InChI=1S/C46H55O4P/c1-43(2,3)33-27-37(31-19-15-13-16-20-31)41(39(29-33)45(7,8)9)49-51(48,36-25-23-35(47)24-26-36)50-42-38(32-21-17-14-18-22-32)28-34(44(4,5)6)30-40(42)46(10,11)12/h13-30,47H,1-12H3. The number of phenols is 1. The van der Waals surface area contributed by atoms with Crippen molar-refractivity contribution in [2.45, 2.75) is 105 Å². The number of rotatable bonds is 7. The van der Waals surface area contributed by atoms with Crippen LogP contribution in [0.25, 0.3) is 22.3 Å². The average molecular weight is 703 g/mol. The average Bonchev–Trinajstić information content (AvgIpc) is 3.04. The van der Waals surface area contributed by atoms with E-state index in [1.807, 2.05) is 36.4 Å². The van der Waals surface area contributed by atoms with Crippen molar-refractivity contribution in [3.63, 3.8) is 0 Å². The van der Waals surface area contributed by atoms with Gasteiger partial charge in [0.15, 0.2) is 0 Å². The zero-order valence-electron chi connectivity index (χ0n) is 32.5.